The summed E-state index contributed by atoms with van der Waals surface area (Å²) in [5.74, 6) is 0. The van der Waals surface area contributed by atoms with Crippen LogP contribution in [0, 0.1) is 0 Å². The van der Waals surface area contributed by atoms with Crippen molar-refractivity contribution in [2.75, 3.05) is 5.73 Å². The third-order valence-corrected chi connectivity index (χ3v) is 4.53. The zero-order valence-electron chi connectivity index (χ0n) is 13.5. The van der Waals surface area contributed by atoms with Crippen LogP contribution in [0.15, 0.2) is 42.7 Å². The van der Waals surface area contributed by atoms with Crippen LogP contribution >= 0.6 is 0 Å². The van der Waals surface area contributed by atoms with E-state index in [1.807, 2.05) is 58.2 Å². The van der Waals surface area contributed by atoms with Crippen molar-refractivity contribution >= 4 is 18.3 Å². The Balaban J connectivity index is 1.91. The molecule has 2 N–H and O–H groups in total. The van der Waals surface area contributed by atoms with Gasteiger partial charge in [-0.1, -0.05) is 18.2 Å². The van der Waals surface area contributed by atoms with E-state index in [0.717, 1.165) is 22.3 Å². The smallest absolute Gasteiger partial charge is 0.399 e. The van der Waals surface area contributed by atoms with E-state index < -0.39 is 7.12 Å². The molecule has 1 aliphatic rings. The first-order chi connectivity index (χ1) is 10.3. The molecule has 0 spiro atoms. The Labute approximate surface area is 131 Å². The van der Waals surface area contributed by atoms with Gasteiger partial charge in [0.1, 0.15) is 0 Å². The summed E-state index contributed by atoms with van der Waals surface area (Å²) in [6, 6.07) is 9.80. The Morgan fingerprint density at radius 2 is 1.50 bits per heavy atom. The van der Waals surface area contributed by atoms with Crippen molar-refractivity contribution < 1.29 is 9.31 Å². The van der Waals surface area contributed by atoms with Gasteiger partial charge in [-0.05, 0) is 51.0 Å². The summed E-state index contributed by atoms with van der Waals surface area (Å²) in [6.07, 6.45) is 3.63. The van der Waals surface area contributed by atoms with Gasteiger partial charge in [-0.3, -0.25) is 4.98 Å². The number of pyridine rings is 1. The molecule has 0 radical (unpaired) electrons. The normalized spacial score (nSPS) is 19.4. The molecule has 1 aliphatic heterocycles. The number of benzene rings is 1. The topological polar surface area (TPSA) is 57.4 Å². The zero-order chi connectivity index (χ0) is 16.0. The number of rotatable bonds is 2. The van der Waals surface area contributed by atoms with Crippen LogP contribution in [0.1, 0.15) is 27.7 Å². The van der Waals surface area contributed by atoms with Gasteiger partial charge in [0.25, 0.3) is 0 Å². The number of anilines is 1. The van der Waals surface area contributed by atoms with E-state index in [2.05, 4.69) is 11.1 Å². The molecule has 0 unspecified atom stereocenters. The number of nitrogens with two attached hydrogens (primary N) is 1. The molecule has 1 saturated heterocycles. The molecule has 4 nitrogen and oxygen atoms in total. The van der Waals surface area contributed by atoms with Crippen molar-refractivity contribution in [1.29, 1.82) is 0 Å². The van der Waals surface area contributed by atoms with Gasteiger partial charge in [0.15, 0.2) is 0 Å². The Hall–Kier alpha value is -1.85. The molecular formula is C17H21BN2O2. The standard InChI is InChI=1S/C17H21BN2O2/c1-16(2)17(3,4)22-18(21-16)14-9-13(10-20-11-14)12-5-7-15(19)8-6-12/h5-11H,19H2,1-4H3. The number of aromatic nitrogens is 1. The van der Waals surface area contributed by atoms with Crippen LogP contribution < -0.4 is 11.2 Å². The molecule has 0 amide bonds. The second-order valence-corrected chi connectivity index (χ2v) is 6.72. The molecule has 22 heavy (non-hydrogen) atoms. The van der Waals surface area contributed by atoms with Crippen molar-refractivity contribution in [1.82, 2.24) is 4.98 Å². The lowest BCUT2D eigenvalue weighted by Crippen LogP contribution is -2.41. The van der Waals surface area contributed by atoms with Gasteiger partial charge < -0.3 is 15.0 Å². The average Bonchev–Trinajstić information content (AvgIpc) is 2.68. The van der Waals surface area contributed by atoms with Crippen LogP contribution in [0.25, 0.3) is 11.1 Å². The molecule has 1 fully saturated rings. The van der Waals surface area contributed by atoms with Crippen LogP contribution in [0.2, 0.25) is 0 Å². The minimum absolute atomic E-state index is 0.352. The minimum Gasteiger partial charge on any atom is -0.399 e. The van der Waals surface area contributed by atoms with E-state index in [4.69, 9.17) is 15.0 Å². The average molecular weight is 296 g/mol. The molecule has 1 aromatic heterocycles. The van der Waals surface area contributed by atoms with E-state index in [1.54, 1.807) is 6.20 Å². The molecule has 114 valence electrons. The third-order valence-electron chi connectivity index (χ3n) is 4.53. The summed E-state index contributed by atoms with van der Waals surface area (Å²) < 4.78 is 12.2. The van der Waals surface area contributed by atoms with E-state index in [9.17, 15) is 0 Å². The molecule has 0 aliphatic carbocycles. The first kappa shape index (κ1) is 15.1. The summed E-state index contributed by atoms with van der Waals surface area (Å²) in [5, 5.41) is 0. The highest BCUT2D eigenvalue weighted by Gasteiger charge is 2.51. The van der Waals surface area contributed by atoms with Gasteiger partial charge in [0, 0.05) is 23.5 Å². The van der Waals surface area contributed by atoms with Crippen LogP contribution in [-0.4, -0.2) is 23.3 Å². The third kappa shape index (κ3) is 2.62. The van der Waals surface area contributed by atoms with Gasteiger partial charge in [-0.15, -0.1) is 0 Å². The summed E-state index contributed by atoms with van der Waals surface area (Å²) in [5.41, 5.74) is 8.80. The maximum Gasteiger partial charge on any atom is 0.496 e. The maximum absolute atomic E-state index is 6.08. The quantitative estimate of drug-likeness (QED) is 0.683. The predicted octanol–water partition coefficient (Wildman–Crippen LogP) is 2.63. The molecule has 0 saturated carbocycles. The summed E-state index contributed by atoms with van der Waals surface area (Å²) in [7, 11) is -0.397. The van der Waals surface area contributed by atoms with Gasteiger partial charge in [-0.25, -0.2) is 0 Å². The van der Waals surface area contributed by atoms with Crippen molar-refractivity contribution in [2.45, 2.75) is 38.9 Å². The van der Waals surface area contributed by atoms with Crippen LogP contribution in [0.4, 0.5) is 5.69 Å². The number of nitrogens with zero attached hydrogens (tertiary/aromatic N) is 1. The van der Waals surface area contributed by atoms with Gasteiger partial charge >= 0.3 is 7.12 Å². The molecule has 5 heteroatoms. The first-order valence-corrected chi connectivity index (χ1v) is 7.45. The predicted molar refractivity (Wildman–Crippen MR) is 89.8 cm³/mol. The largest absolute Gasteiger partial charge is 0.496 e. The van der Waals surface area contributed by atoms with Crippen molar-refractivity contribution in [2.24, 2.45) is 0 Å². The highest BCUT2D eigenvalue weighted by Crippen LogP contribution is 2.36. The van der Waals surface area contributed by atoms with E-state index >= 15 is 0 Å². The molecule has 0 atom stereocenters. The van der Waals surface area contributed by atoms with Gasteiger partial charge in [0.05, 0.1) is 11.2 Å². The molecule has 2 heterocycles. The Bertz CT molecular complexity index is 667. The fourth-order valence-corrected chi connectivity index (χ4v) is 2.40. The number of hydrogen-bond donors (Lipinski definition) is 1. The lowest BCUT2D eigenvalue weighted by atomic mass is 9.79. The second-order valence-electron chi connectivity index (χ2n) is 6.72. The van der Waals surface area contributed by atoms with Crippen LogP contribution in [0.5, 0.6) is 0 Å². The molecule has 0 bridgehead atoms. The fourth-order valence-electron chi connectivity index (χ4n) is 2.40. The maximum atomic E-state index is 6.08. The Kier molecular flexibility index (Phi) is 3.50. The Morgan fingerprint density at radius 3 is 2.09 bits per heavy atom. The van der Waals surface area contributed by atoms with Crippen LogP contribution in [0.3, 0.4) is 0 Å². The van der Waals surface area contributed by atoms with E-state index in [0.29, 0.717) is 0 Å². The van der Waals surface area contributed by atoms with Gasteiger partial charge in [-0.2, -0.15) is 0 Å². The second kappa shape index (κ2) is 5.11. The van der Waals surface area contributed by atoms with Crippen molar-refractivity contribution in [3.05, 3.63) is 42.7 Å². The van der Waals surface area contributed by atoms with E-state index in [1.165, 1.54) is 0 Å². The summed E-state index contributed by atoms with van der Waals surface area (Å²) in [6.45, 7) is 8.18. The molecular weight excluding hydrogens is 275 g/mol. The highest BCUT2D eigenvalue weighted by atomic mass is 16.7. The highest BCUT2D eigenvalue weighted by molar-refractivity contribution is 6.62. The van der Waals surface area contributed by atoms with Crippen molar-refractivity contribution in [3.8, 4) is 11.1 Å². The summed E-state index contributed by atoms with van der Waals surface area (Å²) in [4.78, 5) is 4.33. The summed E-state index contributed by atoms with van der Waals surface area (Å²) >= 11 is 0. The van der Waals surface area contributed by atoms with E-state index in [-0.39, 0.29) is 11.2 Å². The zero-order valence-corrected chi connectivity index (χ0v) is 13.5. The van der Waals surface area contributed by atoms with Gasteiger partial charge in [0.2, 0.25) is 0 Å². The monoisotopic (exact) mass is 296 g/mol. The Morgan fingerprint density at radius 1 is 0.909 bits per heavy atom. The first-order valence-electron chi connectivity index (χ1n) is 7.45. The van der Waals surface area contributed by atoms with Crippen molar-refractivity contribution in [3.63, 3.8) is 0 Å². The molecule has 3 rings (SSSR count). The lowest BCUT2D eigenvalue weighted by Gasteiger charge is -2.32. The number of hydrogen-bond acceptors (Lipinski definition) is 4. The fraction of sp³-hybridized carbons (Fsp3) is 0.353. The number of nitrogen functional groups attached to an aromatic ring is 1. The molecule has 2 aromatic rings. The minimum atomic E-state index is -0.397. The SMILES string of the molecule is CC1(C)OB(c2cncc(-c3ccc(N)cc3)c2)OC1(C)C. The van der Waals surface area contributed by atoms with Crippen LogP contribution in [-0.2, 0) is 9.31 Å². The lowest BCUT2D eigenvalue weighted by molar-refractivity contribution is 0.00578. The molecule has 1 aromatic carbocycles.